The molecule has 0 unspecified atom stereocenters. The van der Waals surface area contributed by atoms with Crippen LogP contribution in [0.2, 0.25) is 0 Å². The van der Waals surface area contributed by atoms with Crippen LogP contribution in [0.15, 0.2) is 67.0 Å². The zero-order chi connectivity index (χ0) is 18.9. The molecule has 1 aliphatic rings. The topological polar surface area (TPSA) is 85.2 Å². The van der Waals surface area contributed by atoms with Gasteiger partial charge in [0.2, 0.25) is 0 Å². The van der Waals surface area contributed by atoms with Crippen molar-refractivity contribution in [1.29, 1.82) is 0 Å². The number of nitrogens with zero attached hydrogens (tertiary/aromatic N) is 2. The van der Waals surface area contributed by atoms with Crippen molar-refractivity contribution in [3.63, 3.8) is 0 Å². The van der Waals surface area contributed by atoms with Gasteiger partial charge in [0.05, 0.1) is 12.2 Å². The van der Waals surface area contributed by atoms with Gasteiger partial charge in [-0.25, -0.2) is 0 Å². The van der Waals surface area contributed by atoms with Crippen molar-refractivity contribution >= 4 is 23.2 Å². The first kappa shape index (κ1) is 16.8. The molecule has 2 aromatic carbocycles. The molecule has 7 nitrogen and oxygen atoms in total. The van der Waals surface area contributed by atoms with E-state index in [4.69, 9.17) is 4.74 Å². The van der Waals surface area contributed by atoms with Crippen molar-refractivity contribution in [2.75, 3.05) is 10.6 Å². The number of hydrogen-bond donors (Lipinski definition) is 2. The second-order valence-corrected chi connectivity index (χ2v) is 6.44. The van der Waals surface area contributed by atoms with E-state index >= 15 is 0 Å². The van der Waals surface area contributed by atoms with Gasteiger partial charge in [-0.2, -0.15) is 5.10 Å². The van der Waals surface area contributed by atoms with E-state index in [0.29, 0.717) is 23.7 Å². The van der Waals surface area contributed by atoms with Gasteiger partial charge >= 0.3 is 0 Å². The lowest BCUT2D eigenvalue weighted by molar-refractivity contribution is -0.143. The Hall–Kier alpha value is -3.61. The monoisotopic (exact) mass is 362 g/mol. The van der Waals surface area contributed by atoms with E-state index in [-0.39, 0.29) is 0 Å². The molecule has 2 amide bonds. The molecular formula is C20H18N4O3. The second-order valence-electron chi connectivity index (χ2n) is 6.44. The Balaban J connectivity index is 1.53. The third-order valence-corrected chi connectivity index (χ3v) is 4.40. The summed E-state index contributed by atoms with van der Waals surface area (Å²) in [6.45, 7) is 2.04. The van der Waals surface area contributed by atoms with Gasteiger partial charge in [-0.15, -0.1) is 0 Å². The van der Waals surface area contributed by atoms with Gasteiger partial charge in [0, 0.05) is 18.1 Å². The highest BCUT2D eigenvalue weighted by Gasteiger charge is 2.47. The molecule has 1 aliphatic heterocycles. The molecule has 1 atom stereocenters. The first-order valence-corrected chi connectivity index (χ1v) is 8.52. The Labute approximate surface area is 156 Å². The summed E-state index contributed by atoms with van der Waals surface area (Å²) in [7, 11) is 0. The van der Waals surface area contributed by atoms with Gasteiger partial charge < -0.3 is 15.4 Å². The van der Waals surface area contributed by atoms with E-state index in [2.05, 4.69) is 15.7 Å². The molecule has 2 N–H and O–H groups in total. The van der Waals surface area contributed by atoms with E-state index in [1.54, 1.807) is 41.2 Å². The van der Waals surface area contributed by atoms with E-state index in [1.807, 2.05) is 30.5 Å². The third kappa shape index (κ3) is 3.27. The van der Waals surface area contributed by atoms with E-state index in [0.717, 1.165) is 5.56 Å². The van der Waals surface area contributed by atoms with Gasteiger partial charge in [-0.05, 0) is 42.8 Å². The van der Waals surface area contributed by atoms with E-state index in [9.17, 15) is 9.59 Å². The predicted molar refractivity (Wildman–Crippen MR) is 101 cm³/mol. The normalized spacial score (nSPS) is 18.2. The maximum absolute atomic E-state index is 12.8. The van der Waals surface area contributed by atoms with Crippen LogP contribution in [0.25, 0.3) is 0 Å². The summed E-state index contributed by atoms with van der Waals surface area (Å²) in [5, 5.41) is 9.68. The number of carbonyl (C=O) groups is 2. The molecule has 4 rings (SSSR count). The number of amides is 2. The summed E-state index contributed by atoms with van der Waals surface area (Å²) in [4.78, 5) is 25.3. The van der Waals surface area contributed by atoms with Crippen LogP contribution in [0.1, 0.15) is 12.5 Å². The van der Waals surface area contributed by atoms with Crippen LogP contribution < -0.4 is 15.4 Å². The Bertz CT molecular complexity index is 1000. The highest BCUT2D eigenvalue weighted by Crippen LogP contribution is 2.33. The molecule has 0 saturated carbocycles. The Morgan fingerprint density at radius 2 is 2.07 bits per heavy atom. The van der Waals surface area contributed by atoms with Gasteiger partial charge in [0.1, 0.15) is 5.75 Å². The predicted octanol–water partition coefficient (Wildman–Crippen LogP) is 2.66. The van der Waals surface area contributed by atoms with Crippen molar-refractivity contribution in [3.8, 4) is 5.75 Å². The third-order valence-electron chi connectivity index (χ3n) is 4.40. The molecule has 3 aromatic rings. The zero-order valence-corrected chi connectivity index (χ0v) is 14.7. The Morgan fingerprint density at radius 1 is 1.22 bits per heavy atom. The fourth-order valence-corrected chi connectivity index (χ4v) is 2.90. The van der Waals surface area contributed by atoms with Crippen molar-refractivity contribution in [2.45, 2.75) is 19.1 Å². The van der Waals surface area contributed by atoms with Crippen molar-refractivity contribution < 1.29 is 14.3 Å². The number of para-hydroxylation sites is 2. The number of carbonyl (C=O) groups excluding carboxylic acids is 2. The molecule has 0 radical (unpaired) electrons. The molecule has 0 saturated heterocycles. The first-order valence-electron chi connectivity index (χ1n) is 8.52. The van der Waals surface area contributed by atoms with Gasteiger partial charge in [0.25, 0.3) is 17.4 Å². The molecule has 0 aliphatic carbocycles. The van der Waals surface area contributed by atoms with Crippen molar-refractivity contribution in [2.24, 2.45) is 0 Å². The molecule has 0 spiro atoms. The lowest BCUT2D eigenvalue weighted by Crippen LogP contribution is -2.56. The number of benzene rings is 2. The molecule has 27 heavy (non-hydrogen) atoms. The number of anilines is 2. The van der Waals surface area contributed by atoms with Gasteiger partial charge in [-0.3, -0.25) is 14.3 Å². The zero-order valence-electron chi connectivity index (χ0n) is 14.7. The average molecular weight is 362 g/mol. The van der Waals surface area contributed by atoms with Gasteiger partial charge in [0.15, 0.2) is 0 Å². The Kier molecular flexibility index (Phi) is 4.12. The Morgan fingerprint density at radius 3 is 2.89 bits per heavy atom. The quantitative estimate of drug-likeness (QED) is 0.699. The van der Waals surface area contributed by atoms with Gasteiger partial charge in [-0.1, -0.05) is 24.3 Å². The van der Waals surface area contributed by atoms with Crippen LogP contribution in [-0.4, -0.2) is 27.2 Å². The summed E-state index contributed by atoms with van der Waals surface area (Å²) in [6, 6.07) is 16.3. The summed E-state index contributed by atoms with van der Waals surface area (Å²) in [5.41, 5.74) is 0.447. The second kappa shape index (κ2) is 6.60. The number of aromatic nitrogens is 2. The van der Waals surface area contributed by atoms with Crippen molar-refractivity contribution in [3.05, 3.63) is 72.6 Å². The first-order chi connectivity index (χ1) is 13.0. The minimum atomic E-state index is -1.66. The number of hydrogen-bond acceptors (Lipinski definition) is 4. The number of ether oxygens (including phenoxy) is 1. The molecule has 0 bridgehead atoms. The summed E-state index contributed by atoms with van der Waals surface area (Å²) in [5.74, 6) is -0.584. The van der Waals surface area contributed by atoms with Crippen LogP contribution in [0.3, 0.4) is 0 Å². The number of rotatable bonds is 4. The van der Waals surface area contributed by atoms with Crippen LogP contribution >= 0.6 is 0 Å². The lowest BCUT2D eigenvalue weighted by atomic mass is 10.0. The average Bonchev–Trinajstić information content (AvgIpc) is 3.16. The standard InChI is InChI=1S/C20H18N4O3/c1-20(19(26)23-16-8-2-3-9-17(16)27-20)18(25)22-15-7-4-6-14(12-15)13-24-11-5-10-21-24/h2-12H,13H2,1H3,(H,22,25)(H,23,26)/t20-/m1/s1. The van der Waals surface area contributed by atoms with Crippen LogP contribution in [0.5, 0.6) is 5.75 Å². The van der Waals surface area contributed by atoms with Crippen molar-refractivity contribution in [1.82, 2.24) is 9.78 Å². The molecule has 7 heteroatoms. The summed E-state index contributed by atoms with van der Waals surface area (Å²) in [6.07, 6.45) is 3.58. The molecule has 0 fully saturated rings. The summed E-state index contributed by atoms with van der Waals surface area (Å²) < 4.78 is 7.53. The fourth-order valence-electron chi connectivity index (χ4n) is 2.90. The smallest absolute Gasteiger partial charge is 0.278 e. The fraction of sp³-hybridized carbons (Fsp3) is 0.150. The lowest BCUT2D eigenvalue weighted by Gasteiger charge is -2.33. The minimum Gasteiger partial charge on any atom is -0.466 e. The van der Waals surface area contributed by atoms with E-state index in [1.165, 1.54) is 6.92 Å². The maximum Gasteiger partial charge on any atom is 0.278 e. The largest absolute Gasteiger partial charge is 0.466 e. The summed E-state index contributed by atoms with van der Waals surface area (Å²) >= 11 is 0. The molecule has 136 valence electrons. The number of nitrogens with one attached hydrogen (secondary N) is 2. The minimum absolute atomic E-state index is 0.460. The highest BCUT2D eigenvalue weighted by atomic mass is 16.5. The highest BCUT2D eigenvalue weighted by molar-refractivity contribution is 6.19. The SMILES string of the molecule is C[C@]1(C(=O)Nc2cccc(Cn3cccn3)c2)Oc2ccccc2NC1=O. The molecule has 1 aromatic heterocycles. The maximum atomic E-state index is 12.8. The molecular weight excluding hydrogens is 344 g/mol. The van der Waals surface area contributed by atoms with Crippen LogP contribution in [0.4, 0.5) is 11.4 Å². The molecule has 2 heterocycles. The van der Waals surface area contributed by atoms with Crippen LogP contribution in [-0.2, 0) is 16.1 Å². The number of fused-ring (bicyclic) bond motifs is 1. The van der Waals surface area contributed by atoms with E-state index < -0.39 is 17.4 Å². The van der Waals surface area contributed by atoms with Crippen LogP contribution in [0, 0.1) is 0 Å².